The third-order valence-electron chi connectivity index (χ3n) is 6.84. The molecule has 0 aliphatic carbocycles. The van der Waals surface area contributed by atoms with Gasteiger partial charge in [-0.15, -0.1) is 0 Å². The topological polar surface area (TPSA) is 70.7 Å². The van der Waals surface area contributed by atoms with Gasteiger partial charge in [-0.3, -0.25) is 4.79 Å². The minimum Gasteiger partial charge on any atom is -0.378 e. The van der Waals surface area contributed by atoms with Crippen LogP contribution in [-0.2, 0) is 6.42 Å². The lowest BCUT2D eigenvalue weighted by atomic mass is 9.98. The lowest BCUT2D eigenvalue weighted by Gasteiger charge is -2.32. The van der Waals surface area contributed by atoms with Crippen LogP contribution in [0.25, 0.3) is 0 Å². The number of hydrogen-bond donors (Lipinski definition) is 2. The summed E-state index contributed by atoms with van der Waals surface area (Å²) in [5, 5.41) is 3.70. The molecule has 5 nitrogen and oxygen atoms in total. The maximum atomic E-state index is 11.9. The molecule has 1 saturated heterocycles. The van der Waals surface area contributed by atoms with Crippen LogP contribution in [0.1, 0.15) is 66.2 Å². The molecule has 1 unspecified atom stereocenters. The number of likely N-dealkylation sites (tertiary alicyclic amines) is 1. The second-order valence-corrected chi connectivity index (χ2v) is 10.4. The molecule has 1 amide bonds. The van der Waals surface area contributed by atoms with Gasteiger partial charge in [-0.25, -0.2) is 4.99 Å². The number of aryl methyl sites for hydroxylation is 1. The number of aliphatic imine (C=N–C) groups is 1. The highest BCUT2D eigenvalue weighted by Crippen LogP contribution is 2.43. The molecule has 3 N–H and O–H groups in total. The predicted molar refractivity (Wildman–Crippen MR) is 145 cm³/mol. The van der Waals surface area contributed by atoms with E-state index in [0.717, 1.165) is 54.5 Å². The summed E-state index contributed by atoms with van der Waals surface area (Å²) in [5.41, 5.74) is 11.7. The fourth-order valence-corrected chi connectivity index (χ4v) is 5.90. The first-order valence-corrected chi connectivity index (χ1v) is 13.3. The van der Waals surface area contributed by atoms with Gasteiger partial charge in [-0.1, -0.05) is 43.0 Å². The first-order chi connectivity index (χ1) is 17.0. The van der Waals surface area contributed by atoms with E-state index in [1.54, 1.807) is 17.8 Å². The molecular weight excluding hydrogens is 452 g/mol. The van der Waals surface area contributed by atoms with E-state index in [9.17, 15) is 4.79 Å². The number of hydrogen-bond acceptors (Lipinski definition) is 5. The van der Waals surface area contributed by atoms with Crippen LogP contribution in [0.4, 0.5) is 11.4 Å². The summed E-state index contributed by atoms with van der Waals surface area (Å²) in [4.78, 5) is 21.7. The van der Waals surface area contributed by atoms with Crippen molar-refractivity contribution in [3.63, 3.8) is 0 Å². The maximum Gasteiger partial charge on any atom is 0.248 e. The molecule has 5 rings (SSSR count). The number of anilines is 1. The zero-order chi connectivity index (χ0) is 24.4. The van der Waals surface area contributed by atoms with Crippen molar-refractivity contribution >= 4 is 34.9 Å². The van der Waals surface area contributed by atoms with Crippen molar-refractivity contribution in [2.75, 3.05) is 18.4 Å². The molecule has 1 fully saturated rings. The Kier molecular flexibility index (Phi) is 6.82. The highest BCUT2D eigenvalue weighted by atomic mass is 32.2. The Morgan fingerprint density at radius 1 is 1.06 bits per heavy atom. The van der Waals surface area contributed by atoms with Gasteiger partial charge in [0.05, 0.1) is 5.69 Å². The molecule has 180 valence electrons. The summed E-state index contributed by atoms with van der Waals surface area (Å²) in [6.07, 6.45) is 4.61. The number of rotatable bonds is 5. The number of piperidine rings is 1. The normalized spacial score (nSPS) is 15.9. The second kappa shape index (κ2) is 10.2. The van der Waals surface area contributed by atoms with E-state index < -0.39 is 5.91 Å². The largest absolute Gasteiger partial charge is 0.378 e. The van der Waals surface area contributed by atoms with Gasteiger partial charge < -0.3 is 16.0 Å². The van der Waals surface area contributed by atoms with E-state index in [-0.39, 0.29) is 6.04 Å². The average molecular weight is 485 g/mol. The number of nitrogens with two attached hydrogens (primary N) is 1. The van der Waals surface area contributed by atoms with E-state index >= 15 is 0 Å². The summed E-state index contributed by atoms with van der Waals surface area (Å²) < 4.78 is 0. The molecule has 0 saturated carbocycles. The maximum absolute atomic E-state index is 11.9. The molecule has 2 aliphatic rings. The molecule has 35 heavy (non-hydrogen) atoms. The van der Waals surface area contributed by atoms with Crippen LogP contribution in [0.15, 0.2) is 75.4 Å². The number of nitrogens with zero attached hydrogens (tertiary/aromatic N) is 2. The Morgan fingerprint density at radius 3 is 2.54 bits per heavy atom. The SMILES string of the molecule is CCc1ccc(NC(C)c2cccc3c2C(N2CCCCC2)=Nc2cc(C(N)=O)ccc2S3)cc1. The van der Waals surface area contributed by atoms with Crippen molar-refractivity contribution in [1.82, 2.24) is 4.90 Å². The summed E-state index contributed by atoms with van der Waals surface area (Å²) >= 11 is 1.71. The molecule has 0 aromatic heterocycles. The van der Waals surface area contributed by atoms with Crippen molar-refractivity contribution < 1.29 is 4.79 Å². The van der Waals surface area contributed by atoms with E-state index in [2.05, 4.69) is 66.5 Å². The zero-order valence-electron chi connectivity index (χ0n) is 20.4. The molecule has 0 bridgehead atoms. The molecule has 0 radical (unpaired) electrons. The molecule has 6 heteroatoms. The minimum atomic E-state index is -0.429. The highest BCUT2D eigenvalue weighted by Gasteiger charge is 2.27. The number of carbonyl (C=O) groups excluding carboxylic acids is 1. The standard InChI is InChI=1S/C29H32N4OS/c1-3-20-10-13-22(14-11-20)31-19(2)23-8-7-9-26-27(23)29(33-16-5-4-6-17-33)32-24-18-21(28(30)34)12-15-25(24)35-26/h7-15,18-19,31H,3-6,16-17H2,1-2H3,(H2,30,34). The van der Waals surface area contributed by atoms with Crippen LogP contribution in [0.3, 0.4) is 0 Å². The Bertz CT molecular complexity index is 1260. The Labute approximate surface area is 211 Å². The Hall–Kier alpha value is -3.25. The van der Waals surface area contributed by atoms with Gasteiger partial charge in [0.15, 0.2) is 0 Å². The van der Waals surface area contributed by atoms with E-state index in [1.165, 1.54) is 28.0 Å². The van der Waals surface area contributed by atoms with Crippen LogP contribution < -0.4 is 11.1 Å². The summed E-state index contributed by atoms with van der Waals surface area (Å²) in [5.74, 6) is 0.569. The summed E-state index contributed by atoms with van der Waals surface area (Å²) in [6.45, 7) is 6.36. The Balaban J connectivity index is 1.59. The van der Waals surface area contributed by atoms with Gasteiger partial charge in [0, 0.05) is 45.7 Å². The summed E-state index contributed by atoms with van der Waals surface area (Å²) in [6, 6.07) is 20.9. The Morgan fingerprint density at radius 2 is 1.83 bits per heavy atom. The first-order valence-electron chi connectivity index (χ1n) is 12.5. The third kappa shape index (κ3) is 4.94. The number of fused-ring (bicyclic) bond motifs is 2. The van der Waals surface area contributed by atoms with Gasteiger partial charge in [0.1, 0.15) is 5.84 Å². The van der Waals surface area contributed by atoms with Crippen LogP contribution in [0.5, 0.6) is 0 Å². The highest BCUT2D eigenvalue weighted by molar-refractivity contribution is 7.99. The van der Waals surface area contributed by atoms with Crippen LogP contribution in [-0.4, -0.2) is 29.7 Å². The van der Waals surface area contributed by atoms with Crippen LogP contribution in [0, 0.1) is 0 Å². The second-order valence-electron chi connectivity index (χ2n) is 9.27. The molecule has 2 aliphatic heterocycles. The van der Waals surface area contributed by atoms with Gasteiger partial charge in [-0.05, 0) is 80.1 Å². The number of amidine groups is 1. The first kappa shape index (κ1) is 23.5. The minimum absolute atomic E-state index is 0.0930. The van der Waals surface area contributed by atoms with Crippen LogP contribution >= 0.6 is 11.8 Å². The zero-order valence-corrected chi connectivity index (χ0v) is 21.2. The molecule has 0 spiro atoms. The lowest BCUT2D eigenvalue weighted by Crippen LogP contribution is -2.37. The predicted octanol–water partition coefficient (Wildman–Crippen LogP) is 6.55. The van der Waals surface area contributed by atoms with Gasteiger partial charge in [-0.2, -0.15) is 0 Å². The number of primary amides is 1. The molecule has 2 heterocycles. The van der Waals surface area contributed by atoms with Crippen LogP contribution in [0.2, 0.25) is 0 Å². The number of carbonyl (C=O) groups is 1. The number of nitrogens with one attached hydrogen (secondary N) is 1. The smallest absolute Gasteiger partial charge is 0.248 e. The van der Waals surface area contributed by atoms with E-state index in [4.69, 9.17) is 10.7 Å². The lowest BCUT2D eigenvalue weighted by molar-refractivity contribution is 0.1000. The van der Waals surface area contributed by atoms with Crippen molar-refractivity contribution in [3.05, 3.63) is 82.9 Å². The fraction of sp³-hybridized carbons (Fsp3) is 0.310. The van der Waals surface area contributed by atoms with Crippen molar-refractivity contribution in [2.24, 2.45) is 10.7 Å². The van der Waals surface area contributed by atoms with Crippen molar-refractivity contribution in [1.29, 1.82) is 0 Å². The van der Waals surface area contributed by atoms with Gasteiger partial charge in [0.25, 0.3) is 0 Å². The van der Waals surface area contributed by atoms with Crippen molar-refractivity contribution in [2.45, 2.75) is 55.4 Å². The molecule has 1 atom stereocenters. The third-order valence-corrected chi connectivity index (χ3v) is 7.96. The van der Waals surface area contributed by atoms with Gasteiger partial charge in [0.2, 0.25) is 5.91 Å². The van der Waals surface area contributed by atoms with Crippen molar-refractivity contribution in [3.8, 4) is 0 Å². The van der Waals surface area contributed by atoms with E-state index in [0.29, 0.717) is 5.56 Å². The van der Waals surface area contributed by atoms with E-state index in [1.807, 2.05) is 12.1 Å². The quantitative estimate of drug-likeness (QED) is 0.431. The molecule has 3 aromatic carbocycles. The molecular formula is C29H32N4OS. The average Bonchev–Trinajstić information content (AvgIpc) is 3.05. The van der Waals surface area contributed by atoms with Gasteiger partial charge >= 0.3 is 0 Å². The number of benzene rings is 3. The summed E-state index contributed by atoms with van der Waals surface area (Å²) in [7, 11) is 0. The monoisotopic (exact) mass is 484 g/mol. The molecule has 3 aromatic rings. The fourth-order valence-electron chi connectivity index (χ4n) is 4.87. The number of amides is 1.